The van der Waals surface area contributed by atoms with Crippen LogP contribution in [0.4, 0.5) is 4.79 Å². The molecule has 2 aliphatic rings. The number of hydrogen-bond donors (Lipinski definition) is 2. The van der Waals surface area contributed by atoms with Crippen LogP contribution in [0.2, 0.25) is 0 Å². The summed E-state index contributed by atoms with van der Waals surface area (Å²) in [5.74, 6) is -1.01. The first-order valence-electron chi connectivity index (χ1n) is 11.1. The van der Waals surface area contributed by atoms with Crippen molar-refractivity contribution in [3.05, 3.63) is 59.7 Å². The summed E-state index contributed by atoms with van der Waals surface area (Å²) in [4.78, 5) is 38.8. The van der Waals surface area contributed by atoms with Crippen LogP contribution >= 0.6 is 11.8 Å². The first-order valence-corrected chi connectivity index (χ1v) is 12.3. The van der Waals surface area contributed by atoms with Crippen molar-refractivity contribution in [2.24, 2.45) is 5.92 Å². The van der Waals surface area contributed by atoms with E-state index in [1.807, 2.05) is 50.2 Å². The molecule has 1 fully saturated rings. The zero-order valence-corrected chi connectivity index (χ0v) is 19.5. The average molecular weight is 469 g/mol. The largest absolute Gasteiger partial charge is 0.480 e. The third kappa shape index (κ3) is 4.57. The van der Waals surface area contributed by atoms with E-state index in [1.165, 1.54) is 16.7 Å². The maximum Gasteiger partial charge on any atom is 0.407 e. The van der Waals surface area contributed by atoms with Gasteiger partial charge in [-0.2, -0.15) is 0 Å². The number of benzene rings is 2. The highest BCUT2D eigenvalue weighted by atomic mass is 32.2. The lowest BCUT2D eigenvalue weighted by atomic mass is 9.97. The number of amides is 2. The van der Waals surface area contributed by atoms with Gasteiger partial charge >= 0.3 is 12.1 Å². The van der Waals surface area contributed by atoms with Crippen LogP contribution in [-0.2, 0) is 14.3 Å². The van der Waals surface area contributed by atoms with Crippen molar-refractivity contribution in [1.82, 2.24) is 10.2 Å². The average Bonchev–Trinajstić information content (AvgIpc) is 3.44. The molecule has 2 N–H and O–H groups in total. The van der Waals surface area contributed by atoms with E-state index in [2.05, 4.69) is 17.4 Å². The van der Waals surface area contributed by atoms with Gasteiger partial charge in [-0.1, -0.05) is 68.8 Å². The van der Waals surface area contributed by atoms with Gasteiger partial charge in [0.2, 0.25) is 5.91 Å². The molecule has 0 saturated carbocycles. The van der Waals surface area contributed by atoms with E-state index in [0.717, 1.165) is 22.3 Å². The number of carbonyl (C=O) groups is 3. The minimum atomic E-state index is -1.03. The fourth-order valence-electron chi connectivity index (χ4n) is 4.49. The maximum atomic E-state index is 13.2. The molecule has 2 amide bonds. The number of carboxylic acids is 1. The van der Waals surface area contributed by atoms with Gasteiger partial charge in [0.15, 0.2) is 0 Å². The summed E-state index contributed by atoms with van der Waals surface area (Å²) < 4.78 is 5.61. The molecule has 8 heteroatoms. The Morgan fingerprint density at radius 1 is 1.12 bits per heavy atom. The van der Waals surface area contributed by atoms with E-state index >= 15 is 0 Å². The van der Waals surface area contributed by atoms with E-state index in [4.69, 9.17) is 4.74 Å². The molecule has 0 unspecified atom stereocenters. The molecule has 174 valence electrons. The van der Waals surface area contributed by atoms with Crippen molar-refractivity contribution in [3.63, 3.8) is 0 Å². The summed E-state index contributed by atoms with van der Waals surface area (Å²) >= 11 is 1.40. The summed E-state index contributed by atoms with van der Waals surface area (Å²) in [6.07, 6.45) is -0.0204. The van der Waals surface area contributed by atoms with Crippen molar-refractivity contribution in [3.8, 4) is 11.1 Å². The number of carboxylic acid groups (broad SMARTS) is 1. The van der Waals surface area contributed by atoms with E-state index in [1.54, 1.807) is 0 Å². The fraction of sp³-hybridized carbons (Fsp3) is 0.400. The summed E-state index contributed by atoms with van der Waals surface area (Å²) in [5, 5.41) is 12.2. The molecule has 33 heavy (non-hydrogen) atoms. The normalized spacial score (nSPS) is 18.8. The molecule has 1 aliphatic heterocycles. The summed E-state index contributed by atoms with van der Waals surface area (Å²) in [5.41, 5.74) is 4.50. The summed E-state index contributed by atoms with van der Waals surface area (Å²) in [6, 6.07) is 14.4. The van der Waals surface area contributed by atoms with Crippen LogP contribution in [0, 0.1) is 5.92 Å². The molecule has 0 radical (unpaired) electrons. The Morgan fingerprint density at radius 2 is 1.73 bits per heavy atom. The van der Waals surface area contributed by atoms with Gasteiger partial charge in [-0.3, -0.25) is 4.79 Å². The first-order chi connectivity index (χ1) is 15.9. The van der Waals surface area contributed by atoms with Crippen LogP contribution in [0.25, 0.3) is 11.1 Å². The minimum Gasteiger partial charge on any atom is -0.480 e. The van der Waals surface area contributed by atoms with Gasteiger partial charge in [-0.25, -0.2) is 9.59 Å². The molecule has 4 rings (SSSR count). The number of alkyl carbamates (subject to hydrolysis) is 1. The molecule has 1 heterocycles. The number of aliphatic carboxylic acids is 1. The van der Waals surface area contributed by atoms with Gasteiger partial charge in [0.05, 0.1) is 5.88 Å². The smallest absolute Gasteiger partial charge is 0.407 e. The number of ether oxygens (including phenoxy) is 1. The molecule has 2 aromatic rings. The predicted octanol–water partition coefficient (Wildman–Crippen LogP) is 3.93. The Hall–Kier alpha value is -3.00. The molecule has 1 aliphatic carbocycles. The van der Waals surface area contributed by atoms with Gasteiger partial charge in [-0.15, -0.1) is 11.8 Å². The van der Waals surface area contributed by atoms with Gasteiger partial charge in [0, 0.05) is 11.7 Å². The lowest BCUT2D eigenvalue weighted by molar-refractivity contribution is -0.149. The van der Waals surface area contributed by atoms with Crippen molar-refractivity contribution in [2.75, 3.05) is 18.2 Å². The van der Waals surface area contributed by atoms with Crippen molar-refractivity contribution in [1.29, 1.82) is 0 Å². The second-order valence-electron chi connectivity index (χ2n) is 8.50. The van der Waals surface area contributed by atoms with Crippen molar-refractivity contribution < 1.29 is 24.2 Å². The van der Waals surface area contributed by atoms with E-state index in [9.17, 15) is 19.5 Å². The van der Waals surface area contributed by atoms with Crippen LogP contribution in [0.1, 0.15) is 37.3 Å². The molecule has 0 spiro atoms. The third-order valence-electron chi connectivity index (χ3n) is 6.55. The third-order valence-corrected chi connectivity index (χ3v) is 7.56. The lowest BCUT2D eigenvalue weighted by Crippen LogP contribution is -2.54. The quantitative estimate of drug-likeness (QED) is 0.639. The highest BCUT2D eigenvalue weighted by Crippen LogP contribution is 2.44. The number of nitrogens with zero attached hydrogens (tertiary/aromatic N) is 1. The van der Waals surface area contributed by atoms with Crippen LogP contribution in [-0.4, -0.2) is 58.3 Å². The van der Waals surface area contributed by atoms with Crippen LogP contribution in [0.3, 0.4) is 0 Å². The van der Waals surface area contributed by atoms with E-state index < -0.39 is 24.1 Å². The van der Waals surface area contributed by atoms with Gasteiger partial charge in [0.1, 0.15) is 18.7 Å². The second-order valence-corrected chi connectivity index (χ2v) is 9.49. The number of carbonyl (C=O) groups excluding carboxylic acids is 2. The summed E-state index contributed by atoms with van der Waals surface area (Å²) in [6.45, 7) is 3.95. The number of thioether (sulfide) groups is 1. The molecule has 7 nitrogen and oxygen atoms in total. The SMILES string of the molecule is CC[C@H](C)[C@H](NC(=O)OCC1c2ccccc2-c2ccccc21)C(=O)N1CSC[C@H]1C(=O)O. The second kappa shape index (κ2) is 9.87. The van der Waals surface area contributed by atoms with Gasteiger partial charge in [0.25, 0.3) is 0 Å². The zero-order valence-electron chi connectivity index (χ0n) is 18.7. The lowest BCUT2D eigenvalue weighted by Gasteiger charge is -2.29. The molecule has 1 saturated heterocycles. The Balaban J connectivity index is 1.46. The van der Waals surface area contributed by atoms with E-state index in [0.29, 0.717) is 18.1 Å². The monoisotopic (exact) mass is 468 g/mol. The topological polar surface area (TPSA) is 95.9 Å². The maximum absolute atomic E-state index is 13.2. The Morgan fingerprint density at radius 3 is 2.30 bits per heavy atom. The highest BCUT2D eigenvalue weighted by molar-refractivity contribution is 7.99. The number of fused-ring (bicyclic) bond motifs is 3. The Labute approximate surface area is 197 Å². The van der Waals surface area contributed by atoms with Crippen molar-refractivity contribution >= 4 is 29.7 Å². The van der Waals surface area contributed by atoms with Crippen LogP contribution in [0.15, 0.2) is 48.5 Å². The molecule has 0 aromatic heterocycles. The van der Waals surface area contributed by atoms with E-state index in [-0.39, 0.29) is 24.3 Å². The van der Waals surface area contributed by atoms with Crippen LogP contribution in [0.5, 0.6) is 0 Å². The number of nitrogens with one attached hydrogen (secondary N) is 1. The molecule has 2 aromatic carbocycles. The number of hydrogen-bond acceptors (Lipinski definition) is 5. The molecular formula is C25H28N2O5S. The molecule has 3 atom stereocenters. The Kier molecular flexibility index (Phi) is 6.93. The Bertz CT molecular complexity index is 1010. The minimum absolute atomic E-state index is 0.0766. The standard InChI is InChI=1S/C25H28N2O5S/c1-3-15(2)22(23(28)27-14-33-13-21(27)24(29)30)26-25(31)32-12-20-18-10-6-4-8-16(18)17-9-5-7-11-19(17)20/h4-11,15,20-22H,3,12-14H2,1-2H3,(H,26,31)(H,29,30)/t15-,21-,22-/m0/s1. The van der Waals surface area contributed by atoms with Crippen LogP contribution < -0.4 is 5.32 Å². The number of rotatable bonds is 7. The molecule has 0 bridgehead atoms. The summed E-state index contributed by atoms with van der Waals surface area (Å²) in [7, 11) is 0. The zero-order chi connectivity index (χ0) is 23.5. The fourth-order valence-corrected chi connectivity index (χ4v) is 5.65. The molecular weight excluding hydrogens is 440 g/mol. The van der Waals surface area contributed by atoms with Gasteiger partial charge in [-0.05, 0) is 28.2 Å². The first kappa shape index (κ1) is 23.2. The predicted molar refractivity (Wildman–Crippen MR) is 127 cm³/mol. The highest BCUT2D eigenvalue weighted by Gasteiger charge is 2.40. The van der Waals surface area contributed by atoms with Crippen molar-refractivity contribution in [2.45, 2.75) is 38.3 Å². The van der Waals surface area contributed by atoms with Gasteiger partial charge < -0.3 is 20.1 Å².